The van der Waals surface area contributed by atoms with Gasteiger partial charge in [-0.25, -0.2) is 4.79 Å². The molecule has 6 heteroatoms. The number of amides is 2. The molecule has 26 heavy (non-hydrogen) atoms. The number of carbonyl (C=O) groups is 3. The second kappa shape index (κ2) is 8.80. The summed E-state index contributed by atoms with van der Waals surface area (Å²) in [6, 6.07) is 13.9. The van der Waals surface area contributed by atoms with Crippen molar-refractivity contribution < 1.29 is 19.5 Å². The second-order valence-corrected chi connectivity index (χ2v) is 6.00. The first-order chi connectivity index (χ1) is 12.4. The highest BCUT2D eigenvalue weighted by Gasteiger charge is 2.21. The molecule has 0 spiro atoms. The van der Waals surface area contributed by atoms with E-state index in [0.29, 0.717) is 5.56 Å². The fourth-order valence-corrected chi connectivity index (χ4v) is 2.53. The summed E-state index contributed by atoms with van der Waals surface area (Å²) in [6.07, 6.45) is 0.822. The number of primary amides is 1. The van der Waals surface area contributed by atoms with Gasteiger partial charge in [0.25, 0.3) is 5.91 Å². The molecule has 2 amide bonds. The molecule has 136 valence electrons. The molecule has 4 N–H and O–H groups in total. The number of rotatable bonds is 8. The summed E-state index contributed by atoms with van der Waals surface area (Å²) >= 11 is 0. The van der Waals surface area contributed by atoms with Crippen LogP contribution < -0.4 is 11.1 Å². The number of hydrogen-bond acceptors (Lipinski definition) is 3. The molecule has 0 aliphatic carbocycles. The first-order valence-electron chi connectivity index (χ1n) is 8.42. The summed E-state index contributed by atoms with van der Waals surface area (Å²) in [4.78, 5) is 34.3. The number of nitrogens with two attached hydrogens (primary N) is 1. The molecule has 2 rings (SSSR count). The van der Waals surface area contributed by atoms with E-state index in [4.69, 9.17) is 10.8 Å². The van der Waals surface area contributed by atoms with Crippen molar-refractivity contribution in [3.05, 3.63) is 59.7 Å². The van der Waals surface area contributed by atoms with E-state index in [9.17, 15) is 14.4 Å². The first kappa shape index (κ1) is 19.2. The Hall–Kier alpha value is -3.15. The van der Waals surface area contributed by atoms with Gasteiger partial charge in [0.1, 0.15) is 6.04 Å². The summed E-state index contributed by atoms with van der Waals surface area (Å²) in [5.74, 6) is -2.31. The maximum Gasteiger partial charge on any atom is 0.326 e. The lowest BCUT2D eigenvalue weighted by Crippen LogP contribution is -2.41. The average molecular weight is 354 g/mol. The Kier molecular flexibility index (Phi) is 6.49. The molecule has 0 aliphatic heterocycles. The van der Waals surface area contributed by atoms with E-state index in [1.54, 1.807) is 12.1 Å². The van der Waals surface area contributed by atoms with E-state index in [1.807, 2.05) is 24.3 Å². The summed E-state index contributed by atoms with van der Waals surface area (Å²) in [5, 5.41) is 11.6. The van der Waals surface area contributed by atoms with Crippen molar-refractivity contribution in [2.75, 3.05) is 0 Å². The lowest BCUT2D eigenvalue weighted by Gasteiger charge is -2.14. The van der Waals surface area contributed by atoms with Gasteiger partial charge in [0, 0.05) is 12.0 Å². The van der Waals surface area contributed by atoms with Crippen molar-refractivity contribution in [2.24, 2.45) is 5.73 Å². The lowest BCUT2D eigenvalue weighted by atomic mass is 10.0. The third-order valence-electron chi connectivity index (χ3n) is 4.13. The SMILES string of the molecule is CCc1ccc(-c2ccc(C(=O)N[C@@H](CCC(N)=O)C(=O)O)cc2)cc1. The third kappa shape index (κ3) is 5.17. The molecule has 0 heterocycles. The fraction of sp³-hybridized carbons (Fsp3) is 0.250. The van der Waals surface area contributed by atoms with Gasteiger partial charge >= 0.3 is 5.97 Å². The maximum absolute atomic E-state index is 12.2. The van der Waals surface area contributed by atoms with Gasteiger partial charge < -0.3 is 16.2 Å². The number of carboxylic acids is 1. The van der Waals surface area contributed by atoms with Crippen LogP contribution in [-0.4, -0.2) is 28.9 Å². The van der Waals surface area contributed by atoms with Gasteiger partial charge in [-0.15, -0.1) is 0 Å². The zero-order chi connectivity index (χ0) is 19.1. The Morgan fingerprint density at radius 3 is 2.00 bits per heavy atom. The van der Waals surface area contributed by atoms with Crippen molar-refractivity contribution in [1.82, 2.24) is 5.32 Å². The molecule has 0 bridgehead atoms. The monoisotopic (exact) mass is 354 g/mol. The van der Waals surface area contributed by atoms with E-state index in [2.05, 4.69) is 24.4 Å². The standard InChI is InChI=1S/C20H22N2O4/c1-2-13-3-5-14(6-4-13)15-7-9-16(10-8-15)19(24)22-17(20(25)26)11-12-18(21)23/h3-10,17H,2,11-12H2,1H3,(H2,21,23)(H,22,24)(H,25,26)/t17-/m0/s1. The van der Waals surface area contributed by atoms with Crippen LogP contribution >= 0.6 is 0 Å². The van der Waals surface area contributed by atoms with Crippen molar-refractivity contribution >= 4 is 17.8 Å². The van der Waals surface area contributed by atoms with Gasteiger partial charge in [0.2, 0.25) is 5.91 Å². The molecule has 6 nitrogen and oxygen atoms in total. The van der Waals surface area contributed by atoms with Crippen molar-refractivity contribution in [3.8, 4) is 11.1 Å². The van der Waals surface area contributed by atoms with Crippen LogP contribution in [-0.2, 0) is 16.0 Å². The average Bonchev–Trinajstić information content (AvgIpc) is 2.64. The van der Waals surface area contributed by atoms with Crippen LogP contribution in [0.25, 0.3) is 11.1 Å². The Morgan fingerprint density at radius 1 is 1.00 bits per heavy atom. The molecule has 0 saturated carbocycles. The predicted molar refractivity (Wildman–Crippen MR) is 98.6 cm³/mol. The number of carboxylic acid groups (broad SMARTS) is 1. The highest BCUT2D eigenvalue weighted by Crippen LogP contribution is 2.20. The quantitative estimate of drug-likeness (QED) is 0.676. The van der Waals surface area contributed by atoms with Crippen LogP contribution in [0.4, 0.5) is 0 Å². The Balaban J connectivity index is 2.07. The summed E-state index contributed by atoms with van der Waals surface area (Å²) in [6.45, 7) is 2.09. The fourth-order valence-electron chi connectivity index (χ4n) is 2.53. The number of carbonyl (C=O) groups excluding carboxylic acids is 2. The molecule has 0 radical (unpaired) electrons. The minimum atomic E-state index is -1.20. The zero-order valence-electron chi connectivity index (χ0n) is 14.6. The Bertz CT molecular complexity index is 782. The van der Waals surface area contributed by atoms with E-state index < -0.39 is 23.8 Å². The number of aryl methyl sites for hydroxylation is 1. The molecule has 0 saturated heterocycles. The van der Waals surface area contributed by atoms with E-state index in [-0.39, 0.29) is 12.8 Å². The summed E-state index contributed by atoms with van der Waals surface area (Å²) < 4.78 is 0. The smallest absolute Gasteiger partial charge is 0.326 e. The number of hydrogen-bond donors (Lipinski definition) is 3. The van der Waals surface area contributed by atoms with E-state index in [1.165, 1.54) is 5.56 Å². The minimum absolute atomic E-state index is 0.0434. The van der Waals surface area contributed by atoms with Crippen molar-refractivity contribution in [1.29, 1.82) is 0 Å². The number of aliphatic carboxylic acids is 1. The van der Waals surface area contributed by atoms with Gasteiger partial charge in [0.15, 0.2) is 0 Å². The molecular formula is C20H22N2O4. The Morgan fingerprint density at radius 2 is 1.54 bits per heavy atom. The van der Waals surface area contributed by atoms with Gasteiger partial charge in [-0.3, -0.25) is 9.59 Å². The van der Waals surface area contributed by atoms with Crippen LogP contribution in [0.15, 0.2) is 48.5 Å². The second-order valence-electron chi connectivity index (χ2n) is 6.00. The van der Waals surface area contributed by atoms with Crippen molar-refractivity contribution in [3.63, 3.8) is 0 Å². The van der Waals surface area contributed by atoms with Gasteiger partial charge in [-0.05, 0) is 41.7 Å². The highest BCUT2D eigenvalue weighted by atomic mass is 16.4. The normalized spacial score (nSPS) is 11.6. The molecule has 0 unspecified atom stereocenters. The van der Waals surface area contributed by atoms with Crippen LogP contribution in [0, 0.1) is 0 Å². The van der Waals surface area contributed by atoms with Gasteiger partial charge in [-0.1, -0.05) is 43.3 Å². The van der Waals surface area contributed by atoms with Crippen molar-refractivity contribution in [2.45, 2.75) is 32.2 Å². The number of benzene rings is 2. The third-order valence-corrected chi connectivity index (χ3v) is 4.13. The van der Waals surface area contributed by atoms with Gasteiger partial charge in [-0.2, -0.15) is 0 Å². The largest absolute Gasteiger partial charge is 0.480 e. The minimum Gasteiger partial charge on any atom is -0.480 e. The maximum atomic E-state index is 12.2. The topological polar surface area (TPSA) is 109 Å². The zero-order valence-corrected chi connectivity index (χ0v) is 14.6. The van der Waals surface area contributed by atoms with Crippen LogP contribution in [0.2, 0.25) is 0 Å². The van der Waals surface area contributed by atoms with E-state index >= 15 is 0 Å². The first-order valence-corrected chi connectivity index (χ1v) is 8.42. The van der Waals surface area contributed by atoms with E-state index in [0.717, 1.165) is 17.5 Å². The van der Waals surface area contributed by atoms with Gasteiger partial charge in [0.05, 0.1) is 0 Å². The molecule has 2 aromatic carbocycles. The molecule has 0 fully saturated rings. The summed E-state index contributed by atoms with van der Waals surface area (Å²) in [7, 11) is 0. The number of nitrogens with one attached hydrogen (secondary N) is 1. The lowest BCUT2D eigenvalue weighted by molar-refractivity contribution is -0.139. The molecular weight excluding hydrogens is 332 g/mol. The molecule has 0 aliphatic rings. The van der Waals surface area contributed by atoms with Crippen LogP contribution in [0.3, 0.4) is 0 Å². The predicted octanol–water partition coefficient (Wildman–Crippen LogP) is 2.36. The molecule has 0 aromatic heterocycles. The van der Waals surface area contributed by atoms with Crippen LogP contribution in [0.5, 0.6) is 0 Å². The van der Waals surface area contributed by atoms with Crippen LogP contribution in [0.1, 0.15) is 35.7 Å². The highest BCUT2D eigenvalue weighted by molar-refractivity contribution is 5.97. The molecule has 2 aromatic rings. The Labute approximate surface area is 152 Å². The summed E-state index contributed by atoms with van der Waals surface area (Å²) in [5.41, 5.74) is 8.64. The molecule has 1 atom stereocenters.